The zero-order valence-corrected chi connectivity index (χ0v) is 15.5. The van der Waals surface area contributed by atoms with Crippen LogP contribution in [0.15, 0.2) is 36.4 Å². The highest BCUT2D eigenvalue weighted by Gasteiger charge is 2.37. The fourth-order valence-electron chi connectivity index (χ4n) is 4.14. The summed E-state index contributed by atoms with van der Waals surface area (Å²) in [7, 11) is 0. The van der Waals surface area contributed by atoms with Crippen LogP contribution in [0.25, 0.3) is 0 Å². The van der Waals surface area contributed by atoms with E-state index in [1.165, 1.54) is 33.4 Å². The second-order valence-electron chi connectivity index (χ2n) is 7.42. The van der Waals surface area contributed by atoms with Crippen LogP contribution >= 0.6 is 0 Å². The van der Waals surface area contributed by atoms with Crippen molar-refractivity contribution in [3.63, 3.8) is 0 Å². The van der Waals surface area contributed by atoms with Crippen LogP contribution in [0, 0.1) is 27.7 Å². The van der Waals surface area contributed by atoms with Gasteiger partial charge in [-0.2, -0.15) is 0 Å². The molecule has 0 aliphatic carbocycles. The largest absolute Gasteiger partial charge is 0.480 e. The molecule has 1 aliphatic rings. The van der Waals surface area contributed by atoms with Gasteiger partial charge in [-0.3, -0.25) is 9.69 Å². The Hall–Kier alpha value is -2.13. The van der Waals surface area contributed by atoms with Crippen LogP contribution in [0.2, 0.25) is 0 Å². The third kappa shape index (κ3) is 3.62. The molecule has 3 rings (SSSR count). The average molecular weight is 337 g/mol. The summed E-state index contributed by atoms with van der Waals surface area (Å²) in [6, 6.07) is 12.6. The molecule has 0 bridgehead atoms. The lowest BCUT2D eigenvalue weighted by Gasteiger charge is -2.33. The molecule has 132 valence electrons. The van der Waals surface area contributed by atoms with Gasteiger partial charge in [0.25, 0.3) is 0 Å². The van der Waals surface area contributed by atoms with Gasteiger partial charge in [0.1, 0.15) is 6.04 Å². The van der Waals surface area contributed by atoms with Gasteiger partial charge in [0.15, 0.2) is 0 Å². The van der Waals surface area contributed by atoms with Crippen molar-refractivity contribution >= 4 is 5.97 Å². The lowest BCUT2D eigenvalue weighted by Crippen LogP contribution is -2.39. The molecule has 1 fully saturated rings. The zero-order chi connectivity index (χ0) is 18.1. The summed E-state index contributed by atoms with van der Waals surface area (Å²) in [4.78, 5) is 14.0. The number of aliphatic carboxylic acids is 1. The molecule has 3 heteroatoms. The molecule has 1 aliphatic heterocycles. The van der Waals surface area contributed by atoms with Crippen molar-refractivity contribution in [2.24, 2.45) is 0 Å². The first-order valence-electron chi connectivity index (χ1n) is 9.00. The van der Waals surface area contributed by atoms with Gasteiger partial charge in [-0.25, -0.2) is 0 Å². The van der Waals surface area contributed by atoms with Gasteiger partial charge in [-0.15, -0.1) is 0 Å². The quantitative estimate of drug-likeness (QED) is 0.889. The molecule has 0 saturated carbocycles. The molecule has 0 radical (unpaired) electrons. The number of carboxylic acids is 1. The Bertz CT molecular complexity index is 776. The number of carboxylic acid groups (broad SMARTS) is 1. The third-order valence-corrected chi connectivity index (χ3v) is 5.20. The molecule has 25 heavy (non-hydrogen) atoms. The Morgan fingerprint density at radius 1 is 1.04 bits per heavy atom. The maximum absolute atomic E-state index is 11.8. The Balaban J connectivity index is 2.17. The number of benzene rings is 2. The molecule has 0 amide bonds. The minimum Gasteiger partial charge on any atom is -0.480 e. The SMILES string of the molecule is Cc1cc(C)cc(C(c2cc(C)ccc2C)N2CCCC2C(=O)O)c1. The summed E-state index contributed by atoms with van der Waals surface area (Å²) < 4.78 is 0. The number of likely N-dealkylation sites (tertiary alicyclic amines) is 1. The number of carbonyl (C=O) groups is 1. The van der Waals surface area contributed by atoms with E-state index in [-0.39, 0.29) is 6.04 Å². The highest BCUT2D eigenvalue weighted by Crippen LogP contribution is 2.37. The van der Waals surface area contributed by atoms with Crippen molar-refractivity contribution in [3.05, 3.63) is 69.8 Å². The fraction of sp³-hybridized carbons (Fsp3) is 0.409. The predicted octanol–water partition coefficient (Wildman–Crippen LogP) is 4.56. The fourth-order valence-corrected chi connectivity index (χ4v) is 4.14. The first kappa shape index (κ1) is 17.7. The van der Waals surface area contributed by atoms with E-state index in [1.807, 2.05) is 0 Å². The normalized spacial score (nSPS) is 19.1. The Kier molecular flexibility index (Phi) is 4.96. The summed E-state index contributed by atoms with van der Waals surface area (Å²) in [5.41, 5.74) is 7.28. The number of rotatable bonds is 4. The predicted molar refractivity (Wildman–Crippen MR) is 101 cm³/mol. The van der Waals surface area contributed by atoms with Crippen molar-refractivity contribution < 1.29 is 9.90 Å². The van der Waals surface area contributed by atoms with Gasteiger partial charge in [0.05, 0.1) is 6.04 Å². The van der Waals surface area contributed by atoms with E-state index in [4.69, 9.17) is 0 Å². The first-order chi connectivity index (χ1) is 11.9. The summed E-state index contributed by atoms with van der Waals surface area (Å²) >= 11 is 0. The summed E-state index contributed by atoms with van der Waals surface area (Å²) in [6.07, 6.45) is 1.66. The molecule has 1 saturated heterocycles. The Labute approximate surface area is 150 Å². The standard InChI is InChI=1S/C22H27NO2/c1-14-7-8-17(4)19(13-14)21(18-11-15(2)10-16(3)12-18)23-9-5-6-20(23)22(24)25/h7-8,10-13,20-21H,5-6,9H2,1-4H3,(H,24,25). The number of nitrogens with zero attached hydrogens (tertiary/aromatic N) is 1. The number of aryl methyl sites for hydroxylation is 4. The van der Waals surface area contributed by atoms with Gasteiger partial charge in [0.2, 0.25) is 0 Å². The maximum atomic E-state index is 11.8. The third-order valence-electron chi connectivity index (χ3n) is 5.20. The van der Waals surface area contributed by atoms with Gasteiger partial charge >= 0.3 is 5.97 Å². The average Bonchev–Trinajstić information content (AvgIpc) is 2.99. The molecule has 2 unspecified atom stereocenters. The lowest BCUT2D eigenvalue weighted by atomic mass is 9.90. The molecule has 2 atom stereocenters. The maximum Gasteiger partial charge on any atom is 0.320 e. The van der Waals surface area contributed by atoms with Crippen LogP contribution in [-0.2, 0) is 4.79 Å². The highest BCUT2D eigenvalue weighted by atomic mass is 16.4. The minimum atomic E-state index is -0.711. The zero-order valence-electron chi connectivity index (χ0n) is 15.5. The summed E-state index contributed by atoms with van der Waals surface area (Å²) in [5, 5.41) is 9.72. The molecule has 2 aromatic rings. The molecule has 0 aromatic heterocycles. The molecular weight excluding hydrogens is 310 g/mol. The van der Waals surface area contributed by atoms with E-state index in [9.17, 15) is 9.90 Å². The van der Waals surface area contributed by atoms with Crippen molar-refractivity contribution in [2.75, 3.05) is 6.54 Å². The van der Waals surface area contributed by atoms with Gasteiger partial charge < -0.3 is 5.11 Å². The van der Waals surface area contributed by atoms with Crippen LogP contribution in [0.3, 0.4) is 0 Å². The molecule has 3 nitrogen and oxygen atoms in total. The van der Waals surface area contributed by atoms with E-state index >= 15 is 0 Å². The van der Waals surface area contributed by atoms with Crippen LogP contribution in [0.5, 0.6) is 0 Å². The van der Waals surface area contributed by atoms with Gasteiger partial charge in [-0.05, 0) is 57.2 Å². The molecular formula is C22H27NO2. The summed E-state index contributed by atoms with van der Waals surface area (Å²) in [6.45, 7) is 9.25. The molecule has 1 N–H and O–H groups in total. The minimum absolute atomic E-state index is 0.0119. The second kappa shape index (κ2) is 7.01. The van der Waals surface area contributed by atoms with Gasteiger partial charge in [0, 0.05) is 6.54 Å². The smallest absolute Gasteiger partial charge is 0.320 e. The molecule has 1 heterocycles. The highest BCUT2D eigenvalue weighted by molar-refractivity contribution is 5.74. The van der Waals surface area contributed by atoms with Crippen molar-refractivity contribution in [2.45, 2.75) is 52.6 Å². The van der Waals surface area contributed by atoms with Crippen molar-refractivity contribution in [3.8, 4) is 0 Å². The van der Waals surface area contributed by atoms with E-state index in [2.05, 4.69) is 69.0 Å². The van der Waals surface area contributed by atoms with E-state index in [1.54, 1.807) is 0 Å². The van der Waals surface area contributed by atoms with Crippen LogP contribution in [-0.4, -0.2) is 28.6 Å². The van der Waals surface area contributed by atoms with Crippen molar-refractivity contribution in [1.82, 2.24) is 4.90 Å². The summed E-state index contributed by atoms with van der Waals surface area (Å²) in [5.74, 6) is -0.711. The number of hydrogen-bond donors (Lipinski definition) is 1. The van der Waals surface area contributed by atoms with E-state index in [0.29, 0.717) is 0 Å². The van der Waals surface area contributed by atoms with Crippen LogP contribution in [0.4, 0.5) is 0 Å². The first-order valence-corrected chi connectivity index (χ1v) is 9.00. The Morgan fingerprint density at radius 2 is 1.72 bits per heavy atom. The second-order valence-corrected chi connectivity index (χ2v) is 7.42. The monoisotopic (exact) mass is 337 g/mol. The van der Waals surface area contributed by atoms with Crippen LogP contribution in [0.1, 0.15) is 52.3 Å². The molecule has 0 spiro atoms. The molecule has 2 aromatic carbocycles. The van der Waals surface area contributed by atoms with Crippen molar-refractivity contribution in [1.29, 1.82) is 0 Å². The van der Waals surface area contributed by atoms with E-state index in [0.717, 1.165) is 19.4 Å². The van der Waals surface area contributed by atoms with Crippen LogP contribution < -0.4 is 0 Å². The number of hydrogen-bond acceptors (Lipinski definition) is 2. The topological polar surface area (TPSA) is 40.5 Å². The Morgan fingerprint density at radius 3 is 2.36 bits per heavy atom. The lowest BCUT2D eigenvalue weighted by molar-refractivity contribution is -0.142. The van der Waals surface area contributed by atoms with Gasteiger partial charge in [-0.1, -0.05) is 53.1 Å². The van der Waals surface area contributed by atoms with E-state index < -0.39 is 12.0 Å².